The molecule has 6 nitrogen and oxygen atoms in total. The molecule has 0 radical (unpaired) electrons. The van der Waals surface area contributed by atoms with Crippen LogP contribution in [0, 0.1) is 0 Å². The van der Waals surface area contributed by atoms with Gasteiger partial charge in [-0.15, -0.1) is 21.5 Å². The van der Waals surface area contributed by atoms with Crippen molar-refractivity contribution in [3.05, 3.63) is 16.0 Å². The monoisotopic (exact) mass is 348 g/mol. The van der Waals surface area contributed by atoms with Gasteiger partial charge in [-0.1, -0.05) is 18.7 Å². The van der Waals surface area contributed by atoms with Gasteiger partial charge in [0.15, 0.2) is 5.16 Å². The van der Waals surface area contributed by atoms with E-state index in [9.17, 15) is 0 Å². The lowest BCUT2D eigenvalue weighted by Crippen LogP contribution is -2.40. The molecule has 3 aliphatic rings. The summed E-state index contributed by atoms with van der Waals surface area (Å²) in [6.07, 6.45) is 5.45. The first-order valence-electron chi connectivity index (χ1n) is 8.32. The van der Waals surface area contributed by atoms with Crippen molar-refractivity contribution in [3.63, 3.8) is 0 Å². The van der Waals surface area contributed by atoms with Crippen molar-refractivity contribution < 1.29 is 0 Å². The van der Waals surface area contributed by atoms with Crippen LogP contribution in [0.15, 0.2) is 5.16 Å². The van der Waals surface area contributed by atoms with Gasteiger partial charge < -0.3 is 0 Å². The van der Waals surface area contributed by atoms with E-state index in [0.717, 1.165) is 16.9 Å². The third-order valence-electron chi connectivity index (χ3n) is 4.77. The number of hydrogen-bond donors (Lipinski definition) is 2. The number of nitrogens with zero attached hydrogens (tertiary/aromatic N) is 4. The van der Waals surface area contributed by atoms with Crippen LogP contribution in [0.1, 0.15) is 48.9 Å². The normalized spacial score (nSPS) is 25.0. The van der Waals surface area contributed by atoms with Crippen molar-refractivity contribution in [3.8, 4) is 5.00 Å². The Morgan fingerprint density at radius 3 is 3.04 bits per heavy atom. The molecule has 2 aromatic rings. The smallest absolute Gasteiger partial charge is 0.249 e. The number of hydrogen-bond acceptors (Lipinski definition) is 7. The highest BCUT2D eigenvalue weighted by atomic mass is 32.2. The number of rotatable bonds is 2. The van der Waals surface area contributed by atoms with E-state index in [1.165, 1.54) is 36.2 Å². The molecule has 2 aliphatic heterocycles. The molecule has 4 heterocycles. The van der Waals surface area contributed by atoms with Crippen LogP contribution >= 0.6 is 23.1 Å². The maximum absolute atomic E-state index is 4.48. The maximum Gasteiger partial charge on any atom is 0.249 e. The molecular weight excluding hydrogens is 328 g/mol. The molecule has 0 amide bonds. The van der Waals surface area contributed by atoms with Gasteiger partial charge in [0, 0.05) is 10.4 Å². The number of nitrogens with one attached hydrogen (secondary N) is 2. The molecule has 2 atom stereocenters. The van der Waals surface area contributed by atoms with E-state index < -0.39 is 0 Å². The highest BCUT2D eigenvalue weighted by Gasteiger charge is 2.43. The van der Waals surface area contributed by atoms with E-state index in [0.29, 0.717) is 0 Å². The van der Waals surface area contributed by atoms with E-state index >= 15 is 0 Å². The molecule has 0 spiro atoms. The molecule has 1 fully saturated rings. The largest absolute Gasteiger partial charge is 0.276 e. The van der Waals surface area contributed by atoms with Gasteiger partial charge in [0.2, 0.25) is 5.95 Å². The molecule has 2 unspecified atom stereocenters. The summed E-state index contributed by atoms with van der Waals surface area (Å²) < 4.78 is 2.26. The first kappa shape index (κ1) is 14.3. The van der Waals surface area contributed by atoms with Crippen LogP contribution in [0.2, 0.25) is 0 Å². The second-order valence-electron chi connectivity index (χ2n) is 6.27. The molecular formula is C15H20N6S2. The predicted octanol–water partition coefficient (Wildman–Crippen LogP) is 2.59. The summed E-state index contributed by atoms with van der Waals surface area (Å²) in [6.45, 7) is 4.31. The van der Waals surface area contributed by atoms with Gasteiger partial charge in [-0.05, 0) is 43.9 Å². The average Bonchev–Trinajstić information content (AvgIpc) is 3.21. The summed E-state index contributed by atoms with van der Waals surface area (Å²) in [5.41, 5.74) is 6.52. The number of thiophene rings is 1. The molecule has 0 saturated carbocycles. The van der Waals surface area contributed by atoms with Crippen molar-refractivity contribution in [1.29, 1.82) is 0 Å². The Labute approximate surface area is 143 Å². The van der Waals surface area contributed by atoms with Crippen LogP contribution in [0.4, 0.5) is 5.95 Å². The van der Waals surface area contributed by atoms with Crippen LogP contribution < -0.4 is 15.8 Å². The lowest BCUT2D eigenvalue weighted by molar-refractivity contribution is 0.558. The molecule has 122 valence electrons. The Morgan fingerprint density at radius 1 is 1.30 bits per heavy atom. The van der Waals surface area contributed by atoms with Crippen molar-refractivity contribution in [1.82, 2.24) is 25.5 Å². The van der Waals surface area contributed by atoms with E-state index in [-0.39, 0.29) is 12.3 Å². The number of thioether (sulfide) groups is 1. The third kappa shape index (κ3) is 1.95. The number of aryl methyl sites for hydroxylation is 1. The zero-order valence-corrected chi connectivity index (χ0v) is 14.9. The highest BCUT2D eigenvalue weighted by Crippen LogP contribution is 2.47. The fourth-order valence-electron chi connectivity index (χ4n) is 3.86. The molecule has 2 aromatic heterocycles. The van der Waals surface area contributed by atoms with Crippen LogP contribution in [0.5, 0.6) is 0 Å². The minimum Gasteiger partial charge on any atom is -0.276 e. The van der Waals surface area contributed by atoms with Crippen molar-refractivity contribution in [2.24, 2.45) is 0 Å². The van der Waals surface area contributed by atoms with Gasteiger partial charge in [0.25, 0.3) is 0 Å². The second-order valence-corrected chi connectivity index (χ2v) is 8.59. The lowest BCUT2D eigenvalue weighted by atomic mass is 9.94. The summed E-state index contributed by atoms with van der Waals surface area (Å²) >= 11 is 3.71. The fraction of sp³-hybridized carbons (Fsp3) is 0.600. The van der Waals surface area contributed by atoms with Gasteiger partial charge in [0.05, 0.1) is 6.17 Å². The van der Waals surface area contributed by atoms with Crippen LogP contribution in [0.3, 0.4) is 0 Å². The minimum atomic E-state index is 0.175. The second kappa shape index (κ2) is 5.20. The van der Waals surface area contributed by atoms with E-state index in [4.69, 9.17) is 0 Å². The van der Waals surface area contributed by atoms with Gasteiger partial charge in [-0.3, -0.25) is 10.3 Å². The molecule has 5 rings (SSSR count). The number of hydrazine groups is 1. The van der Waals surface area contributed by atoms with Gasteiger partial charge in [-0.25, -0.2) is 9.99 Å². The highest BCUT2D eigenvalue weighted by molar-refractivity contribution is 7.99. The summed E-state index contributed by atoms with van der Waals surface area (Å²) in [4.78, 5) is 1.57. The Kier molecular flexibility index (Phi) is 3.23. The summed E-state index contributed by atoms with van der Waals surface area (Å²) in [6, 6.07) is 0. The average molecular weight is 349 g/mol. The first-order valence-corrected chi connectivity index (χ1v) is 10.1. The Balaban J connectivity index is 1.76. The molecule has 8 heteroatoms. The van der Waals surface area contributed by atoms with E-state index in [1.807, 2.05) is 11.3 Å². The van der Waals surface area contributed by atoms with Crippen LogP contribution in [-0.4, -0.2) is 26.7 Å². The number of anilines is 1. The summed E-state index contributed by atoms with van der Waals surface area (Å²) in [5.74, 6) is 1.92. The van der Waals surface area contributed by atoms with E-state index in [2.05, 4.69) is 44.4 Å². The first-order chi connectivity index (χ1) is 11.3. The summed E-state index contributed by atoms with van der Waals surface area (Å²) in [5, 5.41) is 17.1. The number of aromatic nitrogens is 3. The number of fused-ring (bicyclic) bond motifs is 8. The Hall–Kier alpha value is -1.09. The minimum absolute atomic E-state index is 0.175. The van der Waals surface area contributed by atoms with Gasteiger partial charge in [-0.2, -0.15) is 0 Å². The topological polar surface area (TPSA) is 58.0 Å². The quantitative estimate of drug-likeness (QED) is 0.814. The van der Waals surface area contributed by atoms with Crippen LogP contribution in [0.25, 0.3) is 5.00 Å². The Morgan fingerprint density at radius 2 is 2.17 bits per heavy atom. The third-order valence-corrected chi connectivity index (χ3v) is 6.88. The van der Waals surface area contributed by atoms with E-state index in [1.54, 1.807) is 22.2 Å². The van der Waals surface area contributed by atoms with Gasteiger partial charge in [0.1, 0.15) is 11.2 Å². The zero-order chi connectivity index (χ0) is 15.6. The molecule has 1 saturated heterocycles. The van der Waals surface area contributed by atoms with Crippen LogP contribution in [-0.2, 0) is 12.8 Å². The molecule has 23 heavy (non-hydrogen) atoms. The van der Waals surface area contributed by atoms with Crippen molar-refractivity contribution in [2.45, 2.75) is 57.0 Å². The molecule has 2 N–H and O–H groups in total. The molecule has 0 aromatic carbocycles. The fourth-order valence-corrected chi connectivity index (χ4v) is 6.00. The lowest BCUT2D eigenvalue weighted by Gasteiger charge is -2.31. The standard InChI is InChI=1S/C15H20N6S2/c1-3-22-15-18-17-14-20(15)13-11(12-16-8(2)19-21(12)14)9-6-4-5-7-10(9)23-13/h8,12,16,19H,3-7H2,1-2H3. The molecule has 1 aliphatic carbocycles. The maximum atomic E-state index is 4.48. The van der Waals surface area contributed by atoms with Crippen molar-refractivity contribution >= 4 is 29.0 Å². The Bertz CT molecular complexity index is 766. The predicted molar refractivity (Wildman–Crippen MR) is 93.2 cm³/mol. The molecule has 0 bridgehead atoms. The SMILES string of the molecule is CCSc1nnc2n1-c1sc3c(c1C1NC(C)NN21)CCCC3. The zero-order valence-electron chi connectivity index (χ0n) is 13.3. The van der Waals surface area contributed by atoms with Gasteiger partial charge >= 0.3 is 0 Å². The summed E-state index contributed by atoms with van der Waals surface area (Å²) in [7, 11) is 0. The van der Waals surface area contributed by atoms with Crippen molar-refractivity contribution in [2.75, 3.05) is 10.8 Å².